The van der Waals surface area contributed by atoms with Gasteiger partial charge in [-0.05, 0) is 6.42 Å². The normalized spacial score (nSPS) is 18.6. The lowest BCUT2D eigenvalue weighted by Gasteiger charge is -2.35. The zero-order valence-corrected chi connectivity index (χ0v) is 9.00. The fraction of sp³-hybridized carbons (Fsp3) is 0.900. The summed E-state index contributed by atoms with van der Waals surface area (Å²) in [6, 6.07) is 0. The molecule has 0 saturated carbocycles. The average Bonchev–Trinajstić information content (AvgIpc) is 2.20. The predicted octanol–water partition coefficient (Wildman–Crippen LogP) is 0.374. The number of rotatable bonds is 4. The summed E-state index contributed by atoms with van der Waals surface area (Å²) >= 11 is 0. The highest BCUT2D eigenvalue weighted by molar-refractivity contribution is 5.79. The van der Waals surface area contributed by atoms with Crippen LogP contribution in [0.2, 0.25) is 0 Å². The van der Waals surface area contributed by atoms with E-state index in [4.69, 9.17) is 10.5 Å². The summed E-state index contributed by atoms with van der Waals surface area (Å²) in [5, 5.41) is 16.6. The number of nitrogens with one attached hydrogen (secondary N) is 1. The fourth-order valence-corrected chi connectivity index (χ4v) is 1.78. The maximum Gasteiger partial charge on any atom is 0.0958 e. The monoisotopic (exact) mass is 199 g/mol. The van der Waals surface area contributed by atoms with Gasteiger partial charge < -0.3 is 10.0 Å². The summed E-state index contributed by atoms with van der Waals surface area (Å²) in [7, 11) is 0. The predicted molar refractivity (Wildman–Crippen MR) is 57.7 cm³/mol. The Morgan fingerprint density at radius 1 is 1.29 bits per heavy atom. The molecule has 14 heavy (non-hydrogen) atoms. The Labute approximate surface area is 86.0 Å². The second-order valence-corrected chi connectivity index (χ2v) is 3.75. The van der Waals surface area contributed by atoms with Gasteiger partial charge in [0.2, 0.25) is 0 Å². The van der Waals surface area contributed by atoms with Crippen molar-refractivity contribution < 1.29 is 5.11 Å². The van der Waals surface area contributed by atoms with E-state index < -0.39 is 0 Å². The maximum absolute atomic E-state index is 8.78. The first-order chi connectivity index (χ1) is 6.77. The molecular formula is C10H21N3O. The molecule has 0 aromatic heterocycles. The van der Waals surface area contributed by atoms with E-state index in [9.17, 15) is 0 Å². The lowest BCUT2D eigenvalue weighted by Crippen LogP contribution is -2.49. The van der Waals surface area contributed by atoms with Gasteiger partial charge >= 0.3 is 0 Å². The Morgan fingerprint density at radius 3 is 2.43 bits per heavy atom. The third-order valence-corrected chi connectivity index (χ3v) is 2.66. The van der Waals surface area contributed by atoms with E-state index in [0.717, 1.165) is 51.4 Å². The zero-order chi connectivity index (χ0) is 10.4. The molecule has 82 valence electrons. The summed E-state index contributed by atoms with van der Waals surface area (Å²) in [4.78, 5) is 4.40. The molecule has 1 saturated heterocycles. The van der Waals surface area contributed by atoms with Crippen molar-refractivity contribution in [1.29, 1.82) is 5.41 Å². The molecule has 4 heteroatoms. The van der Waals surface area contributed by atoms with Gasteiger partial charge in [-0.25, -0.2) is 0 Å². The van der Waals surface area contributed by atoms with Crippen LogP contribution in [-0.4, -0.2) is 60.1 Å². The SMILES string of the molecule is CCCC(=N)N1CCN(CCO)CC1. The third-order valence-electron chi connectivity index (χ3n) is 2.66. The quantitative estimate of drug-likeness (QED) is 0.508. The number of hydrogen-bond donors (Lipinski definition) is 2. The summed E-state index contributed by atoms with van der Waals surface area (Å²) in [5.74, 6) is 0.774. The highest BCUT2D eigenvalue weighted by atomic mass is 16.3. The van der Waals surface area contributed by atoms with E-state index in [1.807, 2.05) is 0 Å². The lowest BCUT2D eigenvalue weighted by molar-refractivity contribution is 0.146. The van der Waals surface area contributed by atoms with Crippen molar-refractivity contribution in [2.75, 3.05) is 39.3 Å². The minimum Gasteiger partial charge on any atom is -0.395 e. The highest BCUT2D eigenvalue weighted by Gasteiger charge is 2.17. The van der Waals surface area contributed by atoms with E-state index in [-0.39, 0.29) is 6.61 Å². The molecule has 1 rings (SSSR count). The molecule has 4 nitrogen and oxygen atoms in total. The van der Waals surface area contributed by atoms with Crippen LogP contribution in [0.1, 0.15) is 19.8 Å². The molecule has 2 N–H and O–H groups in total. The number of aliphatic hydroxyl groups excluding tert-OH is 1. The first-order valence-corrected chi connectivity index (χ1v) is 5.43. The number of aliphatic hydroxyl groups is 1. The van der Waals surface area contributed by atoms with Crippen LogP contribution in [0.5, 0.6) is 0 Å². The average molecular weight is 199 g/mol. The second-order valence-electron chi connectivity index (χ2n) is 3.75. The van der Waals surface area contributed by atoms with Crippen LogP contribution in [0, 0.1) is 5.41 Å². The smallest absolute Gasteiger partial charge is 0.0958 e. The Morgan fingerprint density at radius 2 is 1.93 bits per heavy atom. The molecule has 1 aliphatic heterocycles. The molecule has 0 amide bonds. The van der Waals surface area contributed by atoms with Gasteiger partial charge in [0.25, 0.3) is 0 Å². The molecule has 1 fully saturated rings. The Kier molecular flexibility index (Phi) is 4.90. The van der Waals surface area contributed by atoms with Crippen molar-refractivity contribution >= 4 is 5.84 Å². The summed E-state index contributed by atoms with van der Waals surface area (Å²) in [6.07, 6.45) is 1.94. The molecule has 1 aliphatic rings. The molecule has 0 aromatic carbocycles. The fourth-order valence-electron chi connectivity index (χ4n) is 1.78. The minimum atomic E-state index is 0.242. The van der Waals surface area contributed by atoms with E-state index >= 15 is 0 Å². The summed E-state index contributed by atoms with van der Waals surface area (Å²) < 4.78 is 0. The third kappa shape index (κ3) is 3.27. The standard InChI is InChI=1S/C10H21N3O/c1-2-3-10(11)13-6-4-12(5-7-13)8-9-14/h11,14H,2-9H2,1H3. The van der Waals surface area contributed by atoms with Crippen LogP contribution >= 0.6 is 0 Å². The number of piperazine rings is 1. The molecule has 0 bridgehead atoms. The van der Waals surface area contributed by atoms with E-state index in [0.29, 0.717) is 0 Å². The van der Waals surface area contributed by atoms with Crippen molar-refractivity contribution in [3.05, 3.63) is 0 Å². The number of β-amino-alcohol motifs (C(OH)–C–C–N with tert-alkyl or cyclic N) is 1. The van der Waals surface area contributed by atoms with Crippen molar-refractivity contribution in [3.63, 3.8) is 0 Å². The van der Waals surface area contributed by atoms with Gasteiger partial charge in [-0.2, -0.15) is 0 Å². The van der Waals surface area contributed by atoms with E-state index in [1.54, 1.807) is 0 Å². The molecule has 0 spiro atoms. The first kappa shape index (κ1) is 11.5. The van der Waals surface area contributed by atoms with Crippen LogP contribution in [-0.2, 0) is 0 Å². The van der Waals surface area contributed by atoms with Gasteiger partial charge in [0.1, 0.15) is 0 Å². The zero-order valence-electron chi connectivity index (χ0n) is 9.00. The topological polar surface area (TPSA) is 50.6 Å². The molecule has 0 aliphatic carbocycles. The van der Waals surface area contributed by atoms with E-state index in [1.165, 1.54) is 0 Å². The van der Waals surface area contributed by atoms with Crippen LogP contribution in [0.4, 0.5) is 0 Å². The van der Waals surface area contributed by atoms with Crippen molar-refractivity contribution in [2.24, 2.45) is 0 Å². The number of amidine groups is 1. The Balaban J connectivity index is 2.24. The van der Waals surface area contributed by atoms with Crippen LogP contribution in [0.15, 0.2) is 0 Å². The van der Waals surface area contributed by atoms with Crippen LogP contribution in [0.3, 0.4) is 0 Å². The van der Waals surface area contributed by atoms with Crippen molar-refractivity contribution in [1.82, 2.24) is 9.80 Å². The summed E-state index contributed by atoms with van der Waals surface area (Å²) in [6.45, 7) is 6.97. The highest BCUT2D eigenvalue weighted by Crippen LogP contribution is 2.04. The first-order valence-electron chi connectivity index (χ1n) is 5.43. The molecule has 0 aromatic rings. The molecule has 0 radical (unpaired) electrons. The molecular weight excluding hydrogens is 178 g/mol. The van der Waals surface area contributed by atoms with Gasteiger partial charge in [-0.1, -0.05) is 6.92 Å². The molecule has 0 unspecified atom stereocenters. The van der Waals surface area contributed by atoms with Crippen molar-refractivity contribution in [3.8, 4) is 0 Å². The Bertz CT molecular complexity index is 176. The van der Waals surface area contributed by atoms with Gasteiger partial charge in [-0.3, -0.25) is 10.3 Å². The molecule has 1 heterocycles. The Hall–Kier alpha value is -0.610. The minimum absolute atomic E-state index is 0.242. The van der Waals surface area contributed by atoms with Gasteiger partial charge in [-0.15, -0.1) is 0 Å². The lowest BCUT2D eigenvalue weighted by atomic mass is 10.2. The van der Waals surface area contributed by atoms with Gasteiger partial charge in [0, 0.05) is 39.1 Å². The number of hydrogen-bond acceptors (Lipinski definition) is 3. The van der Waals surface area contributed by atoms with E-state index in [2.05, 4.69) is 16.7 Å². The maximum atomic E-state index is 8.78. The second kappa shape index (κ2) is 5.98. The summed E-state index contributed by atoms with van der Waals surface area (Å²) in [5.41, 5.74) is 0. The number of nitrogens with zero attached hydrogens (tertiary/aromatic N) is 2. The van der Waals surface area contributed by atoms with Crippen molar-refractivity contribution in [2.45, 2.75) is 19.8 Å². The van der Waals surface area contributed by atoms with Gasteiger partial charge in [0.05, 0.1) is 12.4 Å². The van der Waals surface area contributed by atoms with Crippen LogP contribution in [0.25, 0.3) is 0 Å². The molecule has 0 atom stereocenters. The van der Waals surface area contributed by atoms with Gasteiger partial charge in [0.15, 0.2) is 0 Å². The van der Waals surface area contributed by atoms with Crippen LogP contribution < -0.4 is 0 Å². The largest absolute Gasteiger partial charge is 0.395 e.